The molecule has 1 spiro atoms. The lowest BCUT2D eigenvalue weighted by molar-refractivity contribution is -0.139. The van der Waals surface area contributed by atoms with E-state index >= 15 is 4.39 Å². The Hall–Kier alpha value is -3.98. The molecule has 232 valence electrons. The Morgan fingerprint density at radius 3 is 2.45 bits per heavy atom. The normalized spacial score (nSPS) is 20.2. The number of hydrogen-bond donors (Lipinski definition) is 0. The zero-order valence-corrected chi connectivity index (χ0v) is 25.4. The Morgan fingerprint density at radius 2 is 1.73 bits per heavy atom. The van der Waals surface area contributed by atoms with Crippen molar-refractivity contribution < 1.29 is 32.6 Å². The second-order valence-electron chi connectivity index (χ2n) is 12.9. The van der Waals surface area contributed by atoms with Crippen LogP contribution in [-0.4, -0.2) is 53.1 Å². The van der Waals surface area contributed by atoms with Gasteiger partial charge in [-0.15, -0.1) is 0 Å². The lowest BCUT2D eigenvalue weighted by atomic mass is 9.84. The highest BCUT2D eigenvalue weighted by molar-refractivity contribution is 5.83. The van der Waals surface area contributed by atoms with Crippen molar-refractivity contribution in [2.24, 2.45) is 0 Å². The molecule has 3 aliphatic rings. The first kappa shape index (κ1) is 30.1. The molecule has 0 radical (unpaired) electrons. The number of halogens is 2. The van der Waals surface area contributed by atoms with Crippen LogP contribution >= 0.6 is 0 Å². The number of amides is 2. The average Bonchev–Trinajstić information content (AvgIpc) is 3.70. The second-order valence-corrected chi connectivity index (χ2v) is 12.9. The maximum Gasteiger partial charge on any atom is 0.411 e. The number of benzene rings is 3. The fraction of sp³-hybridized carbons (Fsp3) is 0.429. The van der Waals surface area contributed by atoms with E-state index in [1.807, 2.05) is 42.5 Å². The van der Waals surface area contributed by atoms with Crippen molar-refractivity contribution in [1.82, 2.24) is 9.80 Å². The van der Waals surface area contributed by atoms with Gasteiger partial charge in [0.05, 0.1) is 12.2 Å². The minimum Gasteiger partial charge on any atom is -0.486 e. The summed E-state index contributed by atoms with van der Waals surface area (Å²) in [6.45, 7) is 6.75. The molecule has 1 saturated carbocycles. The van der Waals surface area contributed by atoms with Crippen molar-refractivity contribution in [2.45, 2.75) is 76.4 Å². The van der Waals surface area contributed by atoms with Crippen molar-refractivity contribution in [3.63, 3.8) is 0 Å². The van der Waals surface area contributed by atoms with E-state index < -0.39 is 40.9 Å². The van der Waals surface area contributed by atoms with E-state index in [1.165, 1.54) is 22.1 Å². The zero-order chi connectivity index (χ0) is 31.1. The molecule has 9 heteroatoms. The summed E-state index contributed by atoms with van der Waals surface area (Å²) in [4.78, 5) is 30.2. The summed E-state index contributed by atoms with van der Waals surface area (Å²) >= 11 is 0. The molecular weight excluding hydrogens is 566 g/mol. The van der Waals surface area contributed by atoms with Gasteiger partial charge in [0, 0.05) is 36.7 Å². The van der Waals surface area contributed by atoms with Gasteiger partial charge in [0.25, 0.3) is 0 Å². The van der Waals surface area contributed by atoms with Crippen LogP contribution in [0.5, 0.6) is 5.75 Å². The molecule has 1 aliphatic carbocycles. The van der Waals surface area contributed by atoms with Crippen LogP contribution in [0.1, 0.15) is 68.2 Å². The predicted octanol–water partition coefficient (Wildman–Crippen LogP) is 6.68. The summed E-state index contributed by atoms with van der Waals surface area (Å²) in [6.07, 6.45) is 1.12. The fourth-order valence-electron chi connectivity index (χ4n) is 6.40. The van der Waals surface area contributed by atoms with Crippen LogP contribution in [0, 0.1) is 11.6 Å². The highest BCUT2D eigenvalue weighted by atomic mass is 19.1. The van der Waals surface area contributed by atoms with Crippen LogP contribution in [0.3, 0.4) is 0 Å². The summed E-state index contributed by atoms with van der Waals surface area (Å²) < 4.78 is 47.3. The molecule has 1 saturated heterocycles. The molecule has 2 aliphatic heterocycles. The number of hydrogen-bond acceptors (Lipinski definition) is 5. The molecule has 0 unspecified atom stereocenters. The first-order valence-corrected chi connectivity index (χ1v) is 15.2. The van der Waals surface area contributed by atoms with Gasteiger partial charge in [0.2, 0.25) is 5.91 Å². The van der Waals surface area contributed by atoms with Gasteiger partial charge < -0.3 is 19.1 Å². The molecule has 3 aromatic carbocycles. The number of likely N-dealkylation sites (tertiary alicyclic amines) is 1. The predicted molar refractivity (Wildman–Crippen MR) is 160 cm³/mol. The minimum absolute atomic E-state index is 0.0450. The lowest BCUT2D eigenvalue weighted by Gasteiger charge is -2.40. The van der Waals surface area contributed by atoms with E-state index in [1.54, 1.807) is 25.7 Å². The molecule has 3 aromatic rings. The van der Waals surface area contributed by atoms with E-state index in [9.17, 15) is 14.0 Å². The Bertz CT molecular complexity index is 1530. The summed E-state index contributed by atoms with van der Waals surface area (Å²) in [5, 5.41) is 0. The molecule has 6 rings (SSSR count). The minimum atomic E-state index is -0.806. The van der Waals surface area contributed by atoms with Gasteiger partial charge in [0.1, 0.15) is 24.6 Å². The van der Waals surface area contributed by atoms with E-state index in [-0.39, 0.29) is 24.8 Å². The van der Waals surface area contributed by atoms with Crippen LogP contribution in [0.25, 0.3) is 0 Å². The van der Waals surface area contributed by atoms with E-state index in [2.05, 4.69) is 12.1 Å². The molecule has 0 N–H and O–H groups in total. The molecule has 7 nitrogen and oxygen atoms in total. The van der Waals surface area contributed by atoms with Gasteiger partial charge in [-0.25, -0.2) is 13.6 Å². The topological polar surface area (TPSA) is 68.3 Å². The summed E-state index contributed by atoms with van der Waals surface area (Å²) in [7, 11) is 0. The Balaban J connectivity index is 1.18. The third-order valence-electron chi connectivity index (χ3n) is 8.69. The van der Waals surface area contributed by atoms with Gasteiger partial charge in [-0.05, 0) is 62.8 Å². The molecule has 2 fully saturated rings. The molecule has 44 heavy (non-hydrogen) atoms. The van der Waals surface area contributed by atoms with Gasteiger partial charge >= 0.3 is 6.09 Å². The SMILES string of the molecule is CC(C)(C)OC(=O)N(CC(=O)N1CCC2(CC1)OCc1ccccc12)[C@@H]1C[C@H]1c1cc(F)cc(F)c1OCc1ccccc1. The van der Waals surface area contributed by atoms with Crippen molar-refractivity contribution in [1.29, 1.82) is 0 Å². The van der Waals surface area contributed by atoms with Crippen LogP contribution < -0.4 is 4.74 Å². The number of carbonyl (C=O) groups excluding carboxylic acids is 2. The maximum absolute atomic E-state index is 15.0. The van der Waals surface area contributed by atoms with E-state index in [0.717, 1.165) is 11.6 Å². The van der Waals surface area contributed by atoms with Crippen LogP contribution in [0.4, 0.5) is 13.6 Å². The molecule has 2 amide bonds. The number of nitrogens with zero attached hydrogens (tertiary/aromatic N) is 2. The summed E-state index contributed by atoms with van der Waals surface area (Å²) in [5.74, 6) is -2.20. The Morgan fingerprint density at radius 1 is 1.02 bits per heavy atom. The highest BCUT2D eigenvalue weighted by Gasteiger charge is 2.49. The smallest absolute Gasteiger partial charge is 0.411 e. The van der Waals surface area contributed by atoms with Gasteiger partial charge in [-0.1, -0.05) is 54.6 Å². The van der Waals surface area contributed by atoms with Crippen molar-refractivity contribution in [3.05, 3.63) is 101 Å². The maximum atomic E-state index is 15.0. The first-order chi connectivity index (χ1) is 21.0. The first-order valence-electron chi connectivity index (χ1n) is 15.2. The number of carbonyl (C=O) groups is 2. The second kappa shape index (κ2) is 11.8. The largest absolute Gasteiger partial charge is 0.486 e. The zero-order valence-electron chi connectivity index (χ0n) is 25.4. The van der Waals surface area contributed by atoms with Crippen molar-refractivity contribution >= 4 is 12.0 Å². The third kappa shape index (κ3) is 6.29. The van der Waals surface area contributed by atoms with Gasteiger partial charge in [0.15, 0.2) is 11.6 Å². The molecule has 0 aromatic heterocycles. The van der Waals surface area contributed by atoms with Crippen LogP contribution in [0.15, 0.2) is 66.7 Å². The standard InChI is InChI=1S/C35H38F2N2O5/c1-34(2,3)44-33(41)39(20-31(40)38-15-13-35(14-16-38)28-12-8-7-11-24(28)22-43-35)30-19-26(30)27-17-25(36)18-29(37)32(27)42-21-23-9-5-4-6-10-23/h4-12,17-18,26,30H,13-16,19-22H2,1-3H3/t26-,30+/m0/s1. The Labute approximate surface area is 256 Å². The quantitative estimate of drug-likeness (QED) is 0.301. The van der Waals surface area contributed by atoms with Crippen molar-refractivity contribution in [2.75, 3.05) is 19.6 Å². The summed E-state index contributed by atoms with van der Waals surface area (Å²) in [5.41, 5.74) is 2.37. The van der Waals surface area contributed by atoms with Crippen LogP contribution in [0.2, 0.25) is 0 Å². The molecular formula is C35H38F2N2O5. The lowest BCUT2D eigenvalue weighted by Crippen LogP contribution is -2.50. The third-order valence-corrected chi connectivity index (χ3v) is 8.69. The molecule has 2 heterocycles. The monoisotopic (exact) mass is 604 g/mol. The summed E-state index contributed by atoms with van der Waals surface area (Å²) in [6, 6.07) is 19.1. The van der Waals surface area contributed by atoms with Gasteiger partial charge in [-0.3, -0.25) is 9.69 Å². The average molecular weight is 605 g/mol. The number of rotatable bonds is 7. The number of fused-ring (bicyclic) bond motifs is 2. The van der Waals surface area contributed by atoms with E-state index in [4.69, 9.17) is 14.2 Å². The van der Waals surface area contributed by atoms with Crippen molar-refractivity contribution in [3.8, 4) is 5.75 Å². The number of piperidine rings is 1. The van der Waals surface area contributed by atoms with E-state index in [0.29, 0.717) is 44.5 Å². The van der Waals surface area contributed by atoms with Gasteiger partial charge in [-0.2, -0.15) is 0 Å². The molecule has 2 atom stereocenters. The van der Waals surface area contributed by atoms with Crippen LogP contribution in [-0.2, 0) is 33.1 Å². The fourth-order valence-corrected chi connectivity index (χ4v) is 6.40. The molecule has 0 bridgehead atoms. The number of ether oxygens (including phenoxy) is 3. The highest BCUT2D eigenvalue weighted by Crippen LogP contribution is 2.50. The Kier molecular flexibility index (Phi) is 8.09.